The van der Waals surface area contributed by atoms with E-state index in [4.69, 9.17) is 9.47 Å². The summed E-state index contributed by atoms with van der Waals surface area (Å²) in [6.07, 6.45) is 10.6. The van der Waals surface area contributed by atoms with Crippen LogP contribution >= 0.6 is 0 Å². The van der Waals surface area contributed by atoms with Gasteiger partial charge in [0.05, 0.1) is 6.10 Å². The van der Waals surface area contributed by atoms with E-state index in [0.717, 1.165) is 43.3 Å². The van der Waals surface area contributed by atoms with E-state index in [-0.39, 0.29) is 0 Å². The second-order valence-electron chi connectivity index (χ2n) is 8.38. The molecule has 138 valence electrons. The third-order valence-electron chi connectivity index (χ3n) is 4.92. The molecule has 2 heterocycles. The summed E-state index contributed by atoms with van der Waals surface area (Å²) in [4.78, 5) is 0. The SMILES string of the molecule is Cc1nnc(C2=CC(CC3CCO3)CC=C2)n1COCC[Si](C)(C)C. The smallest absolute Gasteiger partial charge is 0.165 e. The molecule has 0 N–H and O–H groups in total. The van der Waals surface area contributed by atoms with Crippen LogP contribution in [0, 0.1) is 12.8 Å². The molecule has 25 heavy (non-hydrogen) atoms. The van der Waals surface area contributed by atoms with Gasteiger partial charge in [-0.2, -0.15) is 0 Å². The summed E-state index contributed by atoms with van der Waals surface area (Å²) >= 11 is 0. The Balaban J connectivity index is 1.64. The second kappa shape index (κ2) is 7.97. The highest BCUT2D eigenvalue weighted by atomic mass is 28.3. The van der Waals surface area contributed by atoms with Crippen molar-refractivity contribution in [3.05, 3.63) is 29.9 Å². The predicted molar refractivity (Wildman–Crippen MR) is 103 cm³/mol. The minimum absolute atomic E-state index is 0.443. The zero-order valence-electron chi connectivity index (χ0n) is 16.0. The Hall–Kier alpha value is -1.24. The minimum Gasteiger partial charge on any atom is -0.378 e. The fourth-order valence-electron chi connectivity index (χ4n) is 3.15. The van der Waals surface area contributed by atoms with Gasteiger partial charge in [0.25, 0.3) is 0 Å². The van der Waals surface area contributed by atoms with E-state index in [9.17, 15) is 0 Å². The summed E-state index contributed by atoms with van der Waals surface area (Å²) in [5.74, 6) is 2.35. The molecule has 2 atom stereocenters. The Bertz CT molecular complexity index is 642. The van der Waals surface area contributed by atoms with Crippen molar-refractivity contribution in [1.29, 1.82) is 0 Å². The fraction of sp³-hybridized carbons (Fsp3) is 0.684. The Morgan fingerprint density at radius 2 is 2.12 bits per heavy atom. The molecule has 2 unspecified atom stereocenters. The number of aromatic nitrogens is 3. The maximum absolute atomic E-state index is 5.93. The average Bonchev–Trinajstić information content (AvgIpc) is 2.88. The molecule has 1 aliphatic carbocycles. The summed E-state index contributed by atoms with van der Waals surface area (Å²) in [5, 5.41) is 8.68. The van der Waals surface area contributed by atoms with E-state index in [1.54, 1.807) is 0 Å². The molecule has 0 bridgehead atoms. The lowest BCUT2D eigenvalue weighted by Gasteiger charge is -2.29. The van der Waals surface area contributed by atoms with Crippen LogP contribution in [-0.2, 0) is 16.2 Å². The quantitative estimate of drug-likeness (QED) is 0.518. The maximum atomic E-state index is 5.93. The Kier molecular flexibility index (Phi) is 5.91. The van der Waals surface area contributed by atoms with Crippen LogP contribution in [0.1, 0.15) is 30.9 Å². The van der Waals surface area contributed by atoms with E-state index >= 15 is 0 Å². The number of hydrogen-bond donors (Lipinski definition) is 0. The average molecular weight is 362 g/mol. The largest absolute Gasteiger partial charge is 0.378 e. The second-order valence-corrected chi connectivity index (χ2v) is 14.0. The van der Waals surface area contributed by atoms with Crippen LogP contribution in [0.25, 0.3) is 5.57 Å². The number of nitrogens with zero attached hydrogens (tertiary/aromatic N) is 3. The van der Waals surface area contributed by atoms with E-state index in [1.165, 1.54) is 12.5 Å². The van der Waals surface area contributed by atoms with Gasteiger partial charge in [0.15, 0.2) is 5.82 Å². The highest BCUT2D eigenvalue weighted by molar-refractivity contribution is 6.76. The normalized spacial score (nSPS) is 23.4. The third-order valence-corrected chi connectivity index (χ3v) is 6.63. The lowest BCUT2D eigenvalue weighted by molar-refractivity contribution is -0.0598. The molecular weight excluding hydrogens is 330 g/mol. The van der Waals surface area contributed by atoms with Crippen LogP contribution < -0.4 is 0 Å². The minimum atomic E-state index is -1.06. The molecule has 2 aliphatic rings. The molecule has 6 heteroatoms. The molecule has 1 aromatic heterocycles. The van der Waals surface area contributed by atoms with Gasteiger partial charge >= 0.3 is 0 Å². The van der Waals surface area contributed by atoms with Gasteiger partial charge in [-0.05, 0) is 38.1 Å². The van der Waals surface area contributed by atoms with Gasteiger partial charge in [-0.1, -0.05) is 37.9 Å². The molecule has 0 spiro atoms. The molecule has 0 amide bonds. The highest BCUT2D eigenvalue weighted by Crippen LogP contribution is 2.30. The van der Waals surface area contributed by atoms with Crippen LogP contribution in [0.5, 0.6) is 0 Å². The van der Waals surface area contributed by atoms with Crippen LogP contribution in [-0.4, -0.2) is 42.2 Å². The molecule has 1 aromatic rings. The first-order valence-corrected chi connectivity index (χ1v) is 13.1. The van der Waals surface area contributed by atoms with Crippen LogP contribution in [0.15, 0.2) is 18.2 Å². The van der Waals surface area contributed by atoms with E-state index in [1.807, 2.05) is 6.92 Å². The van der Waals surface area contributed by atoms with Crippen molar-refractivity contribution in [3.63, 3.8) is 0 Å². The fourth-order valence-corrected chi connectivity index (χ4v) is 3.91. The molecule has 1 saturated heterocycles. The lowest BCUT2D eigenvalue weighted by atomic mass is 9.89. The first-order valence-electron chi connectivity index (χ1n) is 9.40. The summed E-state index contributed by atoms with van der Waals surface area (Å²) in [7, 11) is -1.06. The molecule has 1 fully saturated rings. The lowest BCUT2D eigenvalue weighted by Crippen LogP contribution is -2.29. The van der Waals surface area contributed by atoms with Gasteiger partial charge in [0, 0.05) is 26.9 Å². The van der Waals surface area contributed by atoms with Gasteiger partial charge in [-0.25, -0.2) is 0 Å². The monoisotopic (exact) mass is 361 g/mol. The summed E-state index contributed by atoms with van der Waals surface area (Å²) < 4.78 is 13.6. The van der Waals surface area contributed by atoms with Crippen LogP contribution in [0.2, 0.25) is 25.7 Å². The zero-order valence-corrected chi connectivity index (χ0v) is 17.0. The Labute approximate surface area is 152 Å². The number of allylic oxidation sites excluding steroid dienone is 4. The summed E-state index contributed by atoms with van der Waals surface area (Å²) in [5.41, 5.74) is 1.16. The number of rotatable bonds is 8. The number of hydrogen-bond acceptors (Lipinski definition) is 4. The molecular formula is C19H31N3O2Si. The molecule has 0 radical (unpaired) electrons. The van der Waals surface area contributed by atoms with E-state index in [2.05, 4.69) is 52.6 Å². The zero-order chi connectivity index (χ0) is 17.9. The Morgan fingerprint density at radius 1 is 1.32 bits per heavy atom. The standard InChI is InChI=1S/C19H31N3O2Si/c1-15-20-21-19(22(15)14-23-10-11-25(2,3)4)17-7-5-6-16(12-17)13-18-8-9-24-18/h5,7,12,16,18H,6,8-11,13-14H2,1-4H3. The molecule has 0 saturated carbocycles. The van der Waals surface area contributed by atoms with Crippen molar-refractivity contribution < 1.29 is 9.47 Å². The maximum Gasteiger partial charge on any atom is 0.165 e. The molecule has 5 nitrogen and oxygen atoms in total. The predicted octanol–water partition coefficient (Wildman–Crippen LogP) is 4.04. The van der Waals surface area contributed by atoms with Gasteiger partial charge < -0.3 is 9.47 Å². The van der Waals surface area contributed by atoms with E-state index < -0.39 is 8.07 Å². The van der Waals surface area contributed by atoms with Gasteiger partial charge in [-0.3, -0.25) is 4.57 Å². The first kappa shape index (κ1) is 18.5. The van der Waals surface area contributed by atoms with Crippen molar-refractivity contribution in [2.24, 2.45) is 5.92 Å². The van der Waals surface area contributed by atoms with Crippen LogP contribution in [0.4, 0.5) is 0 Å². The summed E-state index contributed by atoms with van der Waals surface area (Å²) in [6.45, 7) is 11.4. The van der Waals surface area contributed by atoms with Crippen molar-refractivity contribution in [3.8, 4) is 0 Å². The van der Waals surface area contributed by atoms with Gasteiger partial charge in [0.1, 0.15) is 12.6 Å². The molecule has 3 rings (SSSR count). The first-order chi connectivity index (χ1) is 11.9. The van der Waals surface area contributed by atoms with Crippen molar-refractivity contribution in [1.82, 2.24) is 14.8 Å². The van der Waals surface area contributed by atoms with Gasteiger partial charge in [0.2, 0.25) is 0 Å². The Morgan fingerprint density at radius 3 is 2.80 bits per heavy atom. The van der Waals surface area contributed by atoms with E-state index in [0.29, 0.717) is 18.8 Å². The number of aryl methyl sites for hydroxylation is 1. The number of ether oxygens (including phenoxy) is 2. The van der Waals surface area contributed by atoms with Crippen molar-refractivity contribution in [2.75, 3.05) is 13.2 Å². The third kappa shape index (κ3) is 5.12. The molecule has 1 aliphatic heterocycles. The molecule has 0 aromatic carbocycles. The van der Waals surface area contributed by atoms with Crippen molar-refractivity contribution >= 4 is 13.6 Å². The van der Waals surface area contributed by atoms with Crippen molar-refractivity contribution in [2.45, 2.75) is 64.7 Å². The van der Waals surface area contributed by atoms with Crippen LogP contribution in [0.3, 0.4) is 0 Å². The summed E-state index contributed by atoms with van der Waals surface area (Å²) in [6, 6.07) is 1.18. The van der Waals surface area contributed by atoms with Gasteiger partial charge in [-0.15, -0.1) is 10.2 Å². The topological polar surface area (TPSA) is 49.2 Å². The highest BCUT2D eigenvalue weighted by Gasteiger charge is 2.24.